The molecule has 4 aromatic carbocycles. The van der Waals surface area contributed by atoms with Crippen LogP contribution in [0.15, 0.2) is 113 Å². The molecular weight excluding hydrogens is 450 g/mol. The average molecular weight is 469 g/mol. The molecule has 0 atom stereocenters. The summed E-state index contributed by atoms with van der Waals surface area (Å²) in [7, 11) is 0. The predicted octanol–water partition coefficient (Wildman–Crippen LogP) is 7.44. The van der Waals surface area contributed by atoms with Crippen LogP contribution in [0.4, 0.5) is 20.2 Å². The van der Waals surface area contributed by atoms with Crippen molar-refractivity contribution in [2.24, 2.45) is 4.99 Å². The van der Waals surface area contributed by atoms with E-state index in [0.29, 0.717) is 21.2 Å². The van der Waals surface area contributed by atoms with Crippen LogP contribution in [-0.2, 0) is 4.79 Å². The number of amides is 1. The van der Waals surface area contributed by atoms with Gasteiger partial charge in [-0.05, 0) is 70.9 Å². The molecule has 3 nitrogen and oxygen atoms in total. The van der Waals surface area contributed by atoms with Crippen LogP contribution in [0.5, 0.6) is 0 Å². The molecule has 0 saturated carbocycles. The van der Waals surface area contributed by atoms with Gasteiger partial charge in [0.05, 0.1) is 4.91 Å². The van der Waals surface area contributed by atoms with Gasteiger partial charge in [-0.15, -0.1) is 0 Å². The summed E-state index contributed by atoms with van der Waals surface area (Å²) in [6.45, 7) is 0. The molecule has 6 heteroatoms. The molecule has 0 spiro atoms. The summed E-state index contributed by atoms with van der Waals surface area (Å²) in [5, 5.41) is 0.570. The van der Waals surface area contributed by atoms with Crippen LogP contribution in [0.1, 0.15) is 5.56 Å². The number of carbonyl (C=O) groups excluding carboxylic acids is 1. The summed E-state index contributed by atoms with van der Waals surface area (Å²) >= 11 is 1.30. The number of amidine groups is 1. The summed E-state index contributed by atoms with van der Waals surface area (Å²) in [6.07, 6.45) is 1.77. The van der Waals surface area contributed by atoms with Crippen LogP contribution >= 0.6 is 11.8 Å². The first-order valence-electron chi connectivity index (χ1n) is 10.6. The second kappa shape index (κ2) is 9.45. The summed E-state index contributed by atoms with van der Waals surface area (Å²) < 4.78 is 27.1. The van der Waals surface area contributed by atoms with Crippen molar-refractivity contribution in [3.8, 4) is 11.1 Å². The fraction of sp³-hybridized carbons (Fsp3) is 0. The van der Waals surface area contributed by atoms with Crippen molar-refractivity contribution in [1.29, 1.82) is 0 Å². The summed E-state index contributed by atoms with van der Waals surface area (Å²) in [5.74, 6) is -1.56. The second-order valence-electron chi connectivity index (χ2n) is 7.60. The lowest BCUT2D eigenvalue weighted by molar-refractivity contribution is -0.113. The molecule has 0 radical (unpaired) electrons. The standard InChI is InChI=1S/C28H18F2N2OS/c29-22-16-21(17-23(30)18-22)20-13-11-19(12-14-20)15-26-27(33)31-28(34-26)32(24-7-3-1-4-8-24)25-9-5-2-6-10-25/h1-18H/b26-15+. The first-order chi connectivity index (χ1) is 16.6. The number of carbonyl (C=O) groups is 1. The summed E-state index contributed by atoms with van der Waals surface area (Å²) in [5.41, 5.74) is 3.73. The highest BCUT2D eigenvalue weighted by Gasteiger charge is 2.28. The van der Waals surface area contributed by atoms with E-state index in [-0.39, 0.29) is 5.91 Å². The van der Waals surface area contributed by atoms with Gasteiger partial charge in [-0.25, -0.2) is 8.78 Å². The lowest BCUT2D eigenvalue weighted by atomic mass is 10.0. The maximum atomic E-state index is 13.5. The maximum Gasteiger partial charge on any atom is 0.286 e. The fourth-order valence-corrected chi connectivity index (χ4v) is 4.62. The van der Waals surface area contributed by atoms with Crippen molar-refractivity contribution in [3.63, 3.8) is 0 Å². The van der Waals surface area contributed by atoms with E-state index in [2.05, 4.69) is 4.99 Å². The van der Waals surface area contributed by atoms with Crippen LogP contribution in [0.2, 0.25) is 0 Å². The molecule has 1 aliphatic heterocycles. The normalized spacial score (nSPS) is 14.4. The number of nitrogens with zero attached hydrogens (tertiary/aromatic N) is 2. The molecule has 4 aromatic rings. The molecular formula is C28H18F2N2OS. The minimum Gasteiger partial charge on any atom is -0.289 e. The highest BCUT2D eigenvalue weighted by molar-refractivity contribution is 8.18. The maximum absolute atomic E-state index is 13.5. The third kappa shape index (κ3) is 4.67. The molecule has 0 bridgehead atoms. The number of thioether (sulfide) groups is 1. The number of aliphatic imine (C=N–C) groups is 1. The smallest absolute Gasteiger partial charge is 0.286 e. The van der Waals surface area contributed by atoms with E-state index in [1.54, 1.807) is 18.2 Å². The number of para-hydroxylation sites is 2. The Morgan fingerprint density at radius 3 is 1.82 bits per heavy atom. The van der Waals surface area contributed by atoms with Gasteiger partial charge in [-0.2, -0.15) is 4.99 Å². The molecule has 1 heterocycles. The second-order valence-corrected chi connectivity index (χ2v) is 8.61. The first kappa shape index (κ1) is 21.8. The quantitative estimate of drug-likeness (QED) is 0.292. The molecule has 0 aliphatic carbocycles. The Kier molecular flexibility index (Phi) is 6.06. The molecule has 0 aromatic heterocycles. The van der Waals surface area contributed by atoms with Crippen molar-refractivity contribution in [1.82, 2.24) is 0 Å². The number of hydrogen-bond donors (Lipinski definition) is 0. The van der Waals surface area contributed by atoms with E-state index in [1.165, 1.54) is 23.9 Å². The van der Waals surface area contributed by atoms with Crippen molar-refractivity contribution >= 4 is 40.3 Å². The Balaban J connectivity index is 1.41. The van der Waals surface area contributed by atoms with Crippen LogP contribution in [0.25, 0.3) is 17.2 Å². The SMILES string of the molecule is O=C1N=C(N(c2ccccc2)c2ccccc2)S/C1=C/c1ccc(-c2cc(F)cc(F)c2)cc1. The van der Waals surface area contributed by atoms with Crippen molar-refractivity contribution in [2.45, 2.75) is 0 Å². The third-order valence-corrected chi connectivity index (χ3v) is 6.20. The highest BCUT2D eigenvalue weighted by atomic mass is 32.2. The molecule has 34 heavy (non-hydrogen) atoms. The molecule has 0 saturated heterocycles. The number of hydrogen-bond acceptors (Lipinski definition) is 3. The van der Waals surface area contributed by atoms with Crippen LogP contribution < -0.4 is 4.90 Å². The number of rotatable bonds is 4. The van der Waals surface area contributed by atoms with Crippen LogP contribution in [0, 0.1) is 11.6 Å². The molecule has 5 rings (SSSR count). The molecule has 1 amide bonds. The van der Waals surface area contributed by atoms with E-state index in [9.17, 15) is 13.6 Å². The van der Waals surface area contributed by atoms with Gasteiger partial charge in [0, 0.05) is 17.4 Å². The van der Waals surface area contributed by atoms with E-state index in [4.69, 9.17) is 0 Å². The van der Waals surface area contributed by atoms with Gasteiger partial charge in [-0.1, -0.05) is 60.7 Å². The zero-order valence-corrected chi connectivity index (χ0v) is 18.7. The van der Waals surface area contributed by atoms with Crippen LogP contribution in [-0.4, -0.2) is 11.1 Å². The highest BCUT2D eigenvalue weighted by Crippen LogP contribution is 2.36. The summed E-state index contributed by atoms with van der Waals surface area (Å²) in [6, 6.07) is 30.1. The van der Waals surface area contributed by atoms with Gasteiger partial charge in [0.1, 0.15) is 11.6 Å². The molecule has 166 valence electrons. The van der Waals surface area contributed by atoms with Gasteiger partial charge in [0.25, 0.3) is 5.91 Å². The van der Waals surface area contributed by atoms with Crippen molar-refractivity contribution < 1.29 is 13.6 Å². The van der Waals surface area contributed by atoms with E-state index in [1.807, 2.05) is 77.7 Å². The average Bonchev–Trinajstić information content (AvgIpc) is 3.20. The van der Waals surface area contributed by atoms with Crippen molar-refractivity contribution in [2.75, 3.05) is 4.90 Å². The zero-order valence-electron chi connectivity index (χ0n) is 17.9. The van der Waals surface area contributed by atoms with E-state index in [0.717, 1.165) is 23.0 Å². The van der Waals surface area contributed by atoms with Crippen LogP contribution in [0.3, 0.4) is 0 Å². The minimum absolute atomic E-state index is 0.312. The Morgan fingerprint density at radius 1 is 0.706 bits per heavy atom. The zero-order chi connectivity index (χ0) is 23.5. The van der Waals surface area contributed by atoms with Gasteiger partial charge < -0.3 is 0 Å². The molecule has 0 N–H and O–H groups in total. The van der Waals surface area contributed by atoms with Gasteiger partial charge >= 0.3 is 0 Å². The van der Waals surface area contributed by atoms with E-state index >= 15 is 0 Å². The Bertz CT molecular complexity index is 1340. The molecule has 0 fully saturated rings. The number of anilines is 2. The Hall–Kier alpha value is -4.03. The topological polar surface area (TPSA) is 32.7 Å². The van der Waals surface area contributed by atoms with Gasteiger partial charge in [0.2, 0.25) is 0 Å². The first-order valence-corrected chi connectivity index (χ1v) is 11.4. The lowest BCUT2D eigenvalue weighted by Gasteiger charge is -2.23. The predicted molar refractivity (Wildman–Crippen MR) is 135 cm³/mol. The monoisotopic (exact) mass is 468 g/mol. The van der Waals surface area contributed by atoms with Crippen molar-refractivity contribution in [3.05, 3.63) is 125 Å². The largest absolute Gasteiger partial charge is 0.289 e. The molecule has 1 aliphatic rings. The van der Waals surface area contributed by atoms with Gasteiger partial charge in [0.15, 0.2) is 5.17 Å². The number of halogens is 2. The summed E-state index contributed by atoms with van der Waals surface area (Å²) in [4.78, 5) is 19.5. The van der Waals surface area contributed by atoms with E-state index < -0.39 is 11.6 Å². The minimum atomic E-state index is -0.625. The lowest BCUT2D eigenvalue weighted by Crippen LogP contribution is -2.21. The Labute approximate surface area is 200 Å². The fourth-order valence-electron chi connectivity index (χ4n) is 3.66. The third-order valence-electron chi connectivity index (χ3n) is 5.23. The molecule has 0 unspecified atom stereocenters. The Morgan fingerprint density at radius 2 is 1.26 bits per heavy atom. The van der Waals surface area contributed by atoms with Gasteiger partial charge in [-0.3, -0.25) is 9.69 Å². The number of benzene rings is 4.